The van der Waals surface area contributed by atoms with Crippen molar-refractivity contribution < 1.29 is 14.3 Å². The van der Waals surface area contributed by atoms with Gasteiger partial charge in [-0.2, -0.15) is 0 Å². The molecule has 3 heteroatoms. The van der Waals surface area contributed by atoms with E-state index in [4.69, 9.17) is 9.47 Å². The molecule has 0 spiro atoms. The van der Waals surface area contributed by atoms with Crippen LogP contribution >= 0.6 is 0 Å². The average molecular weight is 344 g/mol. The lowest BCUT2D eigenvalue weighted by molar-refractivity contribution is -0.206. The Kier molecular flexibility index (Phi) is 4.09. The Morgan fingerprint density at radius 1 is 1.00 bits per heavy atom. The molecule has 1 aliphatic heterocycles. The van der Waals surface area contributed by atoms with Crippen molar-refractivity contribution in [1.29, 1.82) is 0 Å². The summed E-state index contributed by atoms with van der Waals surface area (Å²) in [5.41, 5.74) is 3.55. The molecule has 1 unspecified atom stereocenters. The van der Waals surface area contributed by atoms with Gasteiger partial charge in [-0.3, -0.25) is 4.79 Å². The van der Waals surface area contributed by atoms with Crippen LogP contribution < -0.4 is 0 Å². The first-order chi connectivity index (χ1) is 12.2. The predicted molar refractivity (Wildman–Crippen MR) is 96.0 cm³/mol. The molecule has 1 saturated heterocycles. The molecule has 3 fully saturated rings. The predicted octanol–water partition coefficient (Wildman–Crippen LogP) is 4.65. The second-order valence-corrected chi connectivity index (χ2v) is 9.43. The molecule has 0 aromatic carbocycles. The van der Waals surface area contributed by atoms with E-state index >= 15 is 0 Å². The fourth-order valence-corrected chi connectivity index (χ4v) is 7.02. The Balaban J connectivity index is 1.35. The van der Waals surface area contributed by atoms with Gasteiger partial charge in [0.1, 0.15) is 5.78 Å². The van der Waals surface area contributed by atoms with Gasteiger partial charge in [-0.1, -0.05) is 18.1 Å². The van der Waals surface area contributed by atoms with E-state index in [-0.39, 0.29) is 11.7 Å². The van der Waals surface area contributed by atoms with Crippen LogP contribution in [0.5, 0.6) is 0 Å². The number of carbonyl (C=O) groups is 1. The summed E-state index contributed by atoms with van der Waals surface area (Å²) >= 11 is 0. The van der Waals surface area contributed by atoms with Crippen molar-refractivity contribution in [3.05, 3.63) is 11.1 Å². The lowest BCUT2D eigenvalue weighted by atomic mass is 9.54. The minimum Gasteiger partial charge on any atom is -0.352 e. The van der Waals surface area contributed by atoms with E-state index in [9.17, 15) is 4.79 Å². The highest BCUT2D eigenvalue weighted by Crippen LogP contribution is 2.60. The molecule has 4 aliphatic carbocycles. The highest BCUT2D eigenvalue weighted by atomic mass is 16.7. The standard InChI is InChI=1S/C22H32O3/c1-22-10-9-17-16-5-4-15(21-24-11-2-12-25-21)13-14(16)3-6-18(17)19(22)7-8-20(22)23/h15,17-19,21H,2-13H2,1H3/t15?,17-,18-,19+,22+/m1/s1. The van der Waals surface area contributed by atoms with E-state index in [0.717, 1.165) is 50.7 Å². The molecule has 5 aliphatic rings. The molecule has 0 radical (unpaired) electrons. The summed E-state index contributed by atoms with van der Waals surface area (Å²) in [4.78, 5) is 12.5. The van der Waals surface area contributed by atoms with Crippen molar-refractivity contribution in [2.24, 2.45) is 29.1 Å². The van der Waals surface area contributed by atoms with Crippen molar-refractivity contribution in [2.45, 2.75) is 77.4 Å². The topological polar surface area (TPSA) is 35.5 Å². The normalized spacial score (nSPS) is 45.1. The lowest BCUT2D eigenvalue weighted by Gasteiger charge is -2.50. The summed E-state index contributed by atoms with van der Waals surface area (Å²) in [7, 11) is 0. The van der Waals surface area contributed by atoms with E-state index in [1.165, 1.54) is 38.5 Å². The zero-order valence-electron chi connectivity index (χ0n) is 15.6. The van der Waals surface area contributed by atoms with Gasteiger partial charge in [0.2, 0.25) is 0 Å². The first kappa shape index (κ1) is 16.5. The third-order valence-corrected chi connectivity index (χ3v) is 8.36. The van der Waals surface area contributed by atoms with Gasteiger partial charge in [-0.25, -0.2) is 0 Å². The molecule has 5 atom stereocenters. The van der Waals surface area contributed by atoms with Crippen molar-refractivity contribution >= 4 is 5.78 Å². The molecule has 0 N–H and O–H groups in total. The molecule has 25 heavy (non-hydrogen) atoms. The number of ketones is 1. The number of hydrogen-bond donors (Lipinski definition) is 0. The van der Waals surface area contributed by atoms with Crippen LogP contribution in [0, 0.1) is 29.1 Å². The lowest BCUT2D eigenvalue weighted by Crippen LogP contribution is -2.44. The summed E-state index contributed by atoms with van der Waals surface area (Å²) in [6.45, 7) is 4.01. The van der Waals surface area contributed by atoms with Crippen LogP contribution in [-0.2, 0) is 14.3 Å². The third kappa shape index (κ3) is 2.56. The van der Waals surface area contributed by atoms with Gasteiger partial charge < -0.3 is 9.47 Å². The molecule has 3 nitrogen and oxygen atoms in total. The fraction of sp³-hybridized carbons (Fsp3) is 0.864. The Labute approximate surface area is 151 Å². The average Bonchev–Trinajstić information content (AvgIpc) is 2.97. The maximum Gasteiger partial charge on any atom is 0.160 e. The second kappa shape index (κ2) is 6.20. The molecular formula is C22H32O3. The van der Waals surface area contributed by atoms with Gasteiger partial charge in [0, 0.05) is 17.8 Å². The smallest absolute Gasteiger partial charge is 0.160 e. The number of fused-ring (bicyclic) bond motifs is 4. The largest absolute Gasteiger partial charge is 0.352 e. The Morgan fingerprint density at radius 3 is 2.68 bits per heavy atom. The highest BCUT2D eigenvalue weighted by molar-refractivity contribution is 5.87. The second-order valence-electron chi connectivity index (χ2n) is 9.43. The van der Waals surface area contributed by atoms with Crippen LogP contribution in [0.4, 0.5) is 0 Å². The highest BCUT2D eigenvalue weighted by Gasteiger charge is 2.55. The van der Waals surface area contributed by atoms with E-state index in [1.807, 2.05) is 0 Å². The van der Waals surface area contributed by atoms with Crippen molar-refractivity contribution in [3.63, 3.8) is 0 Å². The van der Waals surface area contributed by atoms with Crippen LogP contribution in [0.1, 0.15) is 71.1 Å². The summed E-state index contributed by atoms with van der Waals surface area (Å²) in [6.07, 6.45) is 11.7. The molecule has 1 heterocycles. The molecular weight excluding hydrogens is 312 g/mol. The number of carbonyl (C=O) groups excluding carboxylic acids is 1. The number of rotatable bonds is 1. The van der Waals surface area contributed by atoms with Crippen molar-refractivity contribution in [1.82, 2.24) is 0 Å². The molecule has 0 aromatic rings. The summed E-state index contributed by atoms with van der Waals surface area (Å²) in [5, 5.41) is 0. The number of hydrogen-bond acceptors (Lipinski definition) is 3. The molecule has 138 valence electrons. The van der Waals surface area contributed by atoms with E-state index < -0.39 is 0 Å². The van der Waals surface area contributed by atoms with Crippen LogP contribution in [-0.4, -0.2) is 25.3 Å². The zero-order valence-corrected chi connectivity index (χ0v) is 15.6. The minimum atomic E-state index is 0.0141. The van der Waals surface area contributed by atoms with Crippen LogP contribution in [0.2, 0.25) is 0 Å². The quantitative estimate of drug-likeness (QED) is 0.650. The van der Waals surface area contributed by atoms with E-state index in [2.05, 4.69) is 6.92 Å². The summed E-state index contributed by atoms with van der Waals surface area (Å²) < 4.78 is 11.8. The van der Waals surface area contributed by atoms with E-state index in [1.54, 1.807) is 11.1 Å². The van der Waals surface area contributed by atoms with Gasteiger partial charge in [0.05, 0.1) is 13.2 Å². The molecule has 0 aromatic heterocycles. The first-order valence-electron chi connectivity index (χ1n) is 10.6. The molecule has 0 amide bonds. The van der Waals surface area contributed by atoms with Gasteiger partial charge in [0.25, 0.3) is 0 Å². The Hall–Kier alpha value is -0.670. The van der Waals surface area contributed by atoms with Crippen molar-refractivity contribution in [3.8, 4) is 0 Å². The first-order valence-corrected chi connectivity index (χ1v) is 10.6. The number of Topliss-reactive ketones (excluding diaryl/α,β-unsaturated/α-hetero) is 1. The van der Waals surface area contributed by atoms with Crippen LogP contribution in [0.25, 0.3) is 0 Å². The maximum atomic E-state index is 12.5. The molecule has 5 rings (SSSR count). The summed E-state index contributed by atoms with van der Waals surface area (Å²) in [6, 6.07) is 0. The van der Waals surface area contributed by atoms with Crippen LogP contribution in [0.15, 0.2) is 11.1 Å². The van der Waals surface area contributed by atoms with E-state index in [0.29, 0.717) is 17.6 Å². The Morgan fingerprint density at radius 2 is 1.84 bits per heavy atom. The number of allylic oxidation sites excluding steroid dienone is 2. The SMILES string of the molecule is C[C@]12CC[C@@H]3C4=C(CC[C@H]3[C@@H]1CCC2=O)CC(C1OCCCO1)CC4. The zero-order chi connectivity index (χ0) is 17.0. The minimum absolute atomic E-state index is 0.0141. The monoisotopic (exact) mass is 344 g/mol. The van der Waals surface area contributed by atoms with Gasteiger partial charge >= 0.3 is 0 Å². The third-order valence-electron chi connectivity index (χ3n) is 8.36. The number of ether oxygens (including phenoxy) is 2. The van der Waals surface area contributed by atoms with Crippen LogP contribution in [0.3, 0.4) is 0 Å². The summed E-state index contributed by atoms with van der Waals surface area (Å²) in [5.74, 6) is 3.35. The Bertz CT molecular complexity index is 588. The van der Waals surface area contributed by atoms with Gasteiger partial charge in [0.15, 0.2) is 6.29 Å². The maximum absolute atomic E-state index is 12.5. The molecule has 0 bridgehead atoms. The fourth-order valence-electron chi connectivity index (χ4n) is 7.02. The van der Waals surface area contributed by atoms with Gasteiger partial charge in [-0.05, 0) is 75.5 Å². The van der Waals surface area contributed by atoms with Gasteiger partial charge in [-0.15, -0.1) is 0 Å². The van der Waals surface area contributed by atoms with Crippen molar-refractivity contribution in [2.75, 3.05) is 13.2 Å². The molecule has 2 saturated carbocycles.